The zero-order valence-corrected chi connectivity index (χ0v) is 19.0. The van der Waals surface area contributed by atoms with E-state index in [-0.39, 0.29) is 17.7 Å². The Labute approximate surface area is 194 Å². The summed E-state index contributed by atoms with van der Waals surface area (Å²) in [6.45, 7) is 4.91. The molecule has 3 aromatic rings. The van der Waals surface area contributed by atoms with Crippen molar-refractivity contribution in [2.24, 2.45) is 5.92 Å². The standard InChI is InChI=1S/C25H31N5O3/c1-2-33-17-9-13-26-23(31)20-10-8-16-29(19-20)25(32)22-18-27-30(21-11-4-3-5-12-21)24(22)28-14-6-7-15-28/h3-7,11-12,14-15,18,20H,2,8-10,13,16-17,19H2,1H3,(H,26,31). The summed E-state index contributed by atoms with van der Waals surface area (Å²) in [7, 11) is 0. The second-order valence-corrected chi connectivity index (χ2v) is 8.15. The number of carbonyl (C=O) groups excluding carboxylic acids is 2. The summed E-state index contributed by atoms with van der Waals surface area (Å²) in [6.07, 6.45) is 7.81. The number of ether oxygens (including phenoxy) is 1. The number of likely N-dealkylation sites (tertiary alicyclic amines) is 1. The van der Waals surface area contributed by atoms with Gasteiger partial charge in [-0.1, -0.05) is 18.2 Å². The minimum Gasteiger partial charge on any atom is -0.382 e. The number of nitrogens with one attached hydrogen (secondary N) is 1. The first-order chi connectivity index (χ1) is 16.2. The fraction of sp³-hybridized carbons (Fsp3) is 0.400. The van der Waals surface area contributed by atoms with Gasteiger partial charge in [-0.15, -0.1) is 0 Å². The van der Waals surface area contributed by atoms with E-state index in [1.165, 1.54) is 0 Å². The minimum absolute atomic E-state index is 0.00890. The van der Waals surface area contributed by atoms with Gasteiger partial charge in [0.1, 0.15) is 5.56 Å². The fourth-order valence-corrected chi connectivity index (χ4v) is 4.20. The van der Waals surface area contributed by atoms with Crippen LogP contribution in [-0.4, -0.2) is 63.9 Å². The summed E-state index contributed by atoms with van der Waals surface area (Å²) in [4.78, 5) is 28.0. The number of carbonyl (C=O) groups is 2. The van der Waals surface area contributed by atoms with Crippen LogP contribution in [0.5, 0.6) is 0 Å². The molecular formula is C25H31N5O3. The number of rotatable bonds is 9. The van der Waals surface area contributed by atoms with Gasteiger partial charge in [-0.2, -0.15) is 5.10 Å². The van der Waals surface area contributed by atoms with Crippen LogP contribution in [0.3, 0.4) is 0 Å². The molecule has 8 nitrogen and oxygen atoms in total. The van der Waals surface area contributed by atoms with Gasteiger partial charge in [-0.3, -0.25) is 9.59 Å². The highest BCUT2D eigenvalue weighted by atomic mass is 16.5. The average molecular weight is 450 g/mol. The molecule has 33 heavy (non-hydrogen) atoms. The van der Waals surface area contributed by atoms with Crippen LogP contribution in [0.1, 0.15) is 36.5 Å². The van der Waals surface area contributed by atoms with Crippen molar-refractivity contribution in [3.63, 3.8) is 0 Å². The van der Waals surface area contributed by atoms with Gasteiger partial charge in [0.25, 0.3) is 5.91 Å². The molecule has 2 aromatic heterocycles. The molecule has 1 fully saturated rings. The lowest BCUT2D eigenvalue weighted by molar-refractivity contribution is -0.126. The number of amides is 2. The van der Waals surface area contributed by atoms with Gasteiger partial charge < -0.3 is 19.5 Å². The Morgan fingerprint density at radius 2 is 1.94 bits per heavy atom. The van der Waals surface area contributed by atoms with Gasteiger partial charge in [0.2, 0.25) is 5.91 Å². The molecule has 174 valence electrons. The first-order valence-electron chi connectivity index (χ1n) is 11.6. The van der Waals surface area contributed by atoms with Crippen molar-refractivity contribution in [1.29, 1.82) is 0 Å². The van der Waals surface area contributed by atoms with Gasteiger partial charge in [-0.05, 0) is 50.5 Å². The van der Waals surface area contributed by atoms with Crippen LogP contribution in [0.2, 0.25) is 0 Å². The molecule has 1 aliphatic heterocycles. The molecule has 1 saturated heterocycles. The van der Waals surface area contributed by atoms with Gasteiger partial charge in [-0.25, -0.2) is 4.68 Å². The van der Waals surface area contributed by atoms with Crippen LogP contribution in [-0.2, 0) is 9.53 Å². The van der Waals surface area contributed by atoms with E-state index in [4.69, 9.17) is 4.74 Å². The number of nitrogens with zero attached hydrogens (tertiary/aromatic N) is 4. The second-order valence-electron chi connectivity index (χ2n) is 8.15. The lowest BCUT2D eigenvalue weighted by atomic mass is 9.96. The van der Waals surface area contributed by atoms with Crippen molar-refractivity contribution in [3.05, 3.63) is 66.6 Å². The van der Waals surface area contributed by atoms with Crippen LogP contribution in [0, 0.1) is 5.92 Å². The third kappa shape index (κ3) is 5.34. The van der Waals surface area contributed by atoms with Crippen molar-refractivity contribution in [2.75, 3.05) is 32.8 Å². The molecule has 4 rings (SSSR count). The number of benzene rings is 1. The smallest absolute Gasteiger partial charge is 0.259 e. The molecule has 0 bridgehead atoms. The highest BCUT2D eigenvalue weighted by molar-refractivity contribution is 5.97. The zero-order valence-electron chi connectivity index (χ0n) is 19.0. The van der Waals surface area contributed by atoms with E-state index in [9.17, 15) is 9.59 Å². The maximum atomic E-state index is 13.6. The van der Waals surface area contributed by atoms with Crippen molar-refractivity contribution >= 4 is 11.8 Å². The van der Waals surface area contributed by atoms with E-state index in [0.717, 1.165) is 24.9 Å². The third-order valence-corrected chi connectivity index (χ3v) is 5.87. The van der Waals surface area contributed by atoms with E-state index < -0.39 is 0 Å². The molecule has 3 heterocycles. The van der Waals surface area contributed by atoms with Crippen LogP contribution < -0.4 is 5.32 Å². The van der Waals surface area contributed by atoms with Crippen LogP contribution in [0.15, 0.2) is 61.1 Å². The maximum Gasteiger partial charge on any atom is 0.259 e. The van der Waals surface area contributed by atoms with Gasteiger partial charge in [0.05, 0.1) is 17.8 Å². The number of hydrogen-bond acceptors (Lipinski definition) is 4. The highest BCUT2D eigenvalue weighted by Crippen LogP contribution is 2.24. The van der Waals surface area contributed by atoms with Gasteiger partial charge >= 0.3 is 0 Å². The monoisotopic (exact) mass is 449 g/mol. The number of hydrogen-bond donors (Lipinski definition) is 1. The minimum atomic E-state index is -0.200. The Kier molecular flexibility index (Phi) is 7.57. The Bertz CT molecular complexity index is 1050. The Balaban J connectivity index is 1.50. The van der Waals surface area contributed by atoms with E-state index in [1.54, 1.807) is 15.8 Å². The van der Waals surface area contributed by atoms with E-state index in [1.807, 2.05) is 66.3 Å². The van der Waals surface area contributed by atoms with Crippen molar-refractivity contribution < 1.29 is 14.3 Å². The first-order valence-corrected chi connectivity index (χ1v) is 11.6. The Morgan fingerprint density at radius 3 is 2.70 bits per heavy atom. The average Bonchev–Trinajstić information content (AvgIpc) is 3.54. The van der Waals surface area contributed by atoms with Crippen LogP contribution >= 0.6 is 0 Å². The molecule has 8 heteroatoms. The second kappa shape index (κ2) is 11.0. The molecule has 1 aromatic carbocycles. The largest absolute Gasteiger partial charge is 0.382 e. The zero-order chi connectivity index (χ0) is 23.0. The van der Waals surface area contributed by atoms with Gasteiger partial charge in [0.15, 0.2) is 5.82 Å². The molecule has 0 radical (unpaired) electrons. The van der Waals surface area contributed by atoms with Crippen LogP contribution in [0.25, 0.3) is 11.5 Å². The normalized spacial score (nSPS) is 16.0. The predicted octanol–water partition coefficient (Wildman–Crippen LogP) is 3.06. The van der Waals surface area contributed by atoms with Crippen LogP contribution in [0.4, 0.5) is 0 Å². The molecule has 0 aliphatic carbocycles. The Morgan fingerprint density at radius 1 is 1.15 bits per heavy atom. The summed E-state index contributed by atoms with van der Waals surface area (Å²) in [6, 6.07) is 13.6. The fourth-order valence-electron chi connectivity index (χ4n) is 4.20. The molecule has 0 saturated carbocycles. The van der Waals surface area contributed by atoms with E-state index >= 15 is 0 Å². The quantitative estimate of drug-likeness (QED) is 0.509. The predicted molar refractivity (Wildman–Crippen MR) is 126 cm³/mol. The molecule has 2 amide bonds. The molecule has 1 aliphatic rings. The lowest BCUT2D eigenvalue weighted by Gasteiger charge is -2.32. The lowest BCUT2D eigenvalue weighted by Crippen LogP contribution is -2.45. The molecule has 1 unspecified atom stereocenters. The third-order valence-electron chi connectivity index (χ3n) is 5.87. The topological polar surface area (TPSA) is 81.4 Å². The number of aromatic nitrogens is 3. The molecule has 0 spiro atoms. The summed E-state index contributed by atoms with van der Waals surface area (Å²) in [5, 5.41) is 7.53. The SMILES string of the molecule is CCOCCCNC(=O)C1CCCN(C(=O)c2cnn(-c3ccccc3)c2-n2cccc2)C1. The number of para-hydroxylation sites is 1. The first kappa shape index (κ1) is 22.8. The highest BCUT2D eigenvalue weighted by Gasteiger charge is 2.31. The van der Waals surface area contributed by atoms with Crippen molar-refractivity contribution in [3.8, 4) is 11.5 Å². The summed E-state index contributed by atoms with van der Waals surface area (Å²) >= 11 is 0. The summed E-state index contributed by atoms with van der Waals surface area (Å²) < 4.78 is 9.00. The van der Waals surface area contributed by atoms with E-state index in [2.05, 4.69) is 10.4 Å². The number of piperidine rings is 1. The van der Waals surface area contributed by atoms with Crippen molar-refractivity contribution in [1.82, 2.24) is 24.6 Å². The van der Waals surface area contributed by atoms with Crippen molar-refractivity contribution in [2.45, 2.75) is 26.2 Å². The Hall–Kier alpha value is -3.39. The maximum absolute atomic E-state index is 13.6. The summed E-state index contributed by atoms with van der Waals surface area (Å²) in [5.74, 6) is 0.400. The molecule has 1 N–H and O–H groups in total. The molecule has 1 atom stereocenters. The van der Waals surface area contributed by atoms with Gasteiger partial charge in [0, 0.05) is 45.2 Å². The molecular weight excluding hydrogens is 418 g/mol. The summed E-state index contributed by atoms with van der Waals surface area (Å²) in [5.41, 5.74) is 1.40. The van der Waals surface area contributed by atoms with E-state index in [0.29, 0.717) is 44.2 Å².